The Balaban J connectivity index is 0.000000921. The summed E-state index contributed by atoms with van der Waals surface area (Å²) >= 11 is 0. The highest BCUT2D eigenvalue weighted by Gasteiger charge is 2.00. The van der Waals surface area contributed by atoms with Gasteiger partial charge in [-0.15, -0.1) is 0 Å². The molecule has 2 nitrogen and oxygen atoms in total. The largest absolute Gasteiger partial charge is 0.457 e. The maximum Gasteiger partial charge on any atom is 0.127 e. The van der Waals surface area contributed by atoms with E-state index in [0.717, 1.165) is 17.1 Å². The molecule has 2 N–H and O–H groups in total. The van der Waals surface area contributed by atoms with Crippen LogP contribution in [0, 0.1) is 13.8 Å². The first kappa shape index (κ1) is 19.2. The quantitative estimate of drug-likeness (QED) is 0.796. The van der Waals surface area contributed by atoms with Crippen LogP contribution in [0.25, 0.3) is 0 Å². The maximum atomic E-state index is 5.80. The van der Waals surface area contributed by atoms with E-state index in [-0.39, 0.29) is 0 Å². The van der Waals surface area contributed by atoms with E-state index < -0.39 is 0 Å². The Hall–Kier alpha value is -1.80. The summed E-state index contributed by atoms with van der Waals surface area (Å²) in [7, 11) is 0. The molecular weight excluding hydrogens is 258 g/mol. The van der Waals surface area contributed by atoms with Gasteiger partial charge < -0.3 is 10.5 Å². The smallest absolute Gasteiger partial charge is 0.127 e. The van der Waals surface area contributed by atoms with Crippen LogP contribution < -0.4 is 10.5 Å². The fourth-order valence-corrected chi connectivity index (χ4v) is 1.65. The number of hydrogen-bond acceptors (Lipinski definition) is 2. The minimum absolute atomic E-state index is 0.532. The number of nitrogens with two attached hydrogens (primary N) is 1. The van der Waals surface area contributed by atoms with Crippen LogP contribution >= 0.6 is 0 Å². The Morgan fingerprint density at radius 1 is 0.810 bits per heavy atom. The van der Waals surface area contributed by atoms with Gasteiger partial charge >= 0.3 is 0 Å². The van der Waals surface area contributed by atoms with Crippen molar-refractivity contribution in [3.63, 3.8) is 0 Å². The summed E-state index contributed by atoms with van der Waals surface area (Å²) in [6.07, 6.45) is 0. The van der Waals surface area contributed by atoms with Crippen LogP contribution in [-0.4, -0.2) is 0 Å². The summed E-state index contributed by atoms with van der Waals surface area (Å²) < 4.78 is 5.80. The highest BCUT2D eigenvalue weighted by atomic mass is 16.5. The van der Waals surface area contributed by atoms with Crippen molar-refractivity contribution in [2.24, 2.45) is 5.73 Å². The van der Waals surface area contributed by atoms with Gasteiger partial charge in [-0.25, -0.2) is 0 Å². The molecule has 0 aliphatic heterocycles. The lowest BCUT2D eigenvalue weighted by Gasteiger charge is -2.08. The van der Waals surface area contributed by atoms with Crippen molar-refractivity contribution in [3.05, 3.63) is 59.2 Å². The molecule has 116 valence electrons. The van der Waals surface area contributed by atoms with E-state index in [1.54, 1.807) is 0 Å². The average Bonchev–Trinajstić information content (AvgIpc) is 2.55. The fourth-order valence-electron chi connectivity index (χ4n) is 1.65. The third kappa shape index (κ3) is 6.46. The second kappa shape index (κ2) is 10.9. The van der Waals surface area contributed by atoms with Gasteiger partial charge in [0.25, 0.3) is 0 Å². The second-order valence-corrected chi connectivity index (χ2v) is 4.20. The third-order valence-electron chi connectivity index (χ3n) is 2.85. The summed E-state index contributed by atoms with van der Waals surface area (Å²) in [4.78, 5) is 0. The van der Waals surface area contributed by atoms with Crippen molar-refractivity contribution in [1.82, 2.24) is 0 Å². The second-order valence-electron chi connectivity index (χ2n) is 4.20. The lowest BCUT2D eigenvalue weighted by molar-refractivity contribution is 0.481. The molecule has 0 saturated carbocycles. The van der Waals surface area contributed by atoms with Crippen LogP contribution in [0.15, 0.2) is 42.5 Å². The van der Waals surface area contributed by atoms with Gasteiger partial charge in [0.1, 0.15) is 11.5 Å². The minimum atomic E-state index is 0.532. The molecule has 0 fully saturated rings. The molecule has 2 heteroatoms. The van der Waals surface area contributed by atoms with Crippen molar-refractivity contribution in [2.75, 3.05) is 0 Å². The van der Waals surface area contributed by atoms with Gasteiger partial charge in [0.2, 0.25) is 0 Å². The summed E-state index contributed by atoms with van der Waals surface area (Å²) in [6, 6.07) is 14.0. The van der Waals surface area contributed by atoms with E-state index in [9.17, 15) is 0 Å². The first-order valence-corrected chi connectivity index (χ1v) is 7.73. The molecule has 0 saturated heterocycles. The number of ether oxygens (including phenoxy) is 1. The van der Waals surface area contributed by atoms with Crippen molar-refractivity contribution >= 4 is 0 Å². The minimum Gasteiger partial charge on any atom is -0.457 e. The highest BCUT2D eigenvalue weighted by molar-refractivity contribution is 5.38. The predicted octanol–water partition coefficient (Wildman–Crippen LogP) is 5.61. The first-order chi connectivity index (χ1) is 10.2. The van der Waals surface area contributed by atoms with Crippen molar-refractivity contribution < 1.29 is 4.74 Å². The van der Waals surface area contributed by atoms with Gasteiger partial charge in [-0.3, -0.25) is 0 Å². The van der Waals surface area contributed by atoms with Crippen molar-refractivity contribution in [3.8, 4) is 11.5 Å². The molecule has 21 heavy (non-hydrogen) atoms. The Labute approximate surface area is 130 Å². The molecule has 0 aromatic heterocycles. The van der Waals surface area contributed by atoms with Gasteiger partial charge in [0, 0.05) is 6.54 Å². The van der Waals surface area contributed by atoms with Crippen molar-refractivity contribution in [2.45, 2.75) is 48.1 Å². The van der Waals surface area contributed by atoms with Crippen LogP contribution in [0.3, 0.4) is 0 Å². The fraction of sp³-hybridized carbons (Fsp3) is 0.368. The number of aryl methyl sites for hydroxylation is 2. The van der Waals surface area contributed by atoms with Crippen molar-refractivity contribution in [1.29, 1.82) is 0 Å². The molecule has 0 spiro atoms. The highest BCUT2D eigenvalue weighted by Crippen LogP contribution is 2.24. The van der Waals surface area contributed by atoms with E-state index in [2.05, 4.69) is 19.9 Å². The number of rotatable bonds is 3. The molecule has 0 aliphatic carbocycles. The molecule has 0 radical (unpaired) electrons. The van der Waals surface area contributed by atoms with Crippen LogP contribution in [0.5, 0.6) is 11.5 Å². The monoisotopic (exact) mass is 287 g/mol. The zero-order valence-electron chi connectivity index (χ0n) is 14.2. The lowest BCUT2D eigenvalue weighted by Crippen LogP contribution is -1.96. The van der Waals surface area contributed by atoms with Gasteiger partial charge in [-0.05, 0) is 54.8 Å². The Bertz CT molecular complexity index is 521. The summed E-state index contributed by atoms with van der Waals surface area (Å²) in [6.45, 7) is 12.7. The van der Waals surface area contributed by atoms with E-state index in [1.807, 2.05) is 64.1 Å². The molecule has 2 aromatic carbocycles. The summed E-state index contributed by atoms with van der Waals surface area (Å²) in [5, 5.41) is 0. The van der Waals surface area contributed by atoms with Crippen LogP contribution in [-0.2, 0) is 6.54 Å². The number of hydrogen-bond donors (Lipinski definition) is 1. The molecule has 0 atom stereocenters. The summed E-state index contributed by atoms with van der Waals surface area (Å²) in [5.41, 5.74) is 9.18. The van der Waals surface area contributed by atoms with Gasteiger partial charge in [-0.1, -0.05) is 45.9 Å². The van der Waals surface area contributed by atoms with Gasteiger partial charge in [0.15, 0.2) is 0 Å². The molecule has 0 bridgehead atoms. The first-order valence-electron chi connectivity index (χ1n) is 7.73. The maximum absolute atomic E-state index is 5.80. The summed E-state index contributed by atoms with van der Waals surface area (Å²) in [5.74, 6) is 1.69. The molecule has 2 aromatic rings. The molecular formula is C19H29NO. The Kier molecular flexibility index (Phi) is 9.99. The SMILES string of the molecule is CC.CC.Cc1ccc(Oc2cccc(CN)c2)cc1C. The van der Waals surface area contributed by atoms with Crippen LogP contribution in [0.2, 0.25) is 0 Å². The molecule has 2 rings (SSSR count). The standard InChI is InChI=1S/C15H17NO.2C2H6/c1-11-6-7-15(8-12(11)2)17-14-5-3-4-13(9-14)10-16;2*1-2/h3-9H,10,16H2,1-2H3;2*1-2H3. The van der Waals surface area contributed by atoms with Gasteiger partial charge in [-0.2, -0.15) is 0 Å². The van der Waals surface area contributed by atoms with Crippen LogP contribution in [0.4, 0.5) is 0 Å². The van der Waals surface area contributed by atoms with Crippen LogP contribution in [0.1, 0.15) is 44.4 Å². The normalized spacial score (nSPS) is 8.90. The molecule has 0 heterocycles. The number of benzene rings is 2. The topological polar surface area (TPSA) is 35.2 Å². The van der Waals surface area contributed by atoms with E-state index in [0.29, 0.717) is 6.54 Å². The van der Waals surface area contributed by atoms with E-state index in [1.165, 1.54) is 11.1 Å². The average molecular weight is 287 g/mol. The van der Waals surface area contributed by atoms with E-state index in [4.69, 9.17) is 10.5 Å². The lowest BCUT2D eigenvalue weighted by atomic mass is 10.1. The molecule has 0 unspecified atom stereocenters. The third-order valence-corrected chi connectivity index (χ3v) is 2.85. The van der Waals surface area contributed by atoms with E-state index >= 15 is 0 Å². The van der Waals surface area contributed by atoms with Gasteiger partial charge in [0.05, 0.1) is 0 Å². The molecule has 0 amide bonds. The predicted molar refractivity (Wildman–Crippen MR) is 93.0 cm³/mol. The zero-order chi connectivity index (χ0) is 16.3. The Morgan fingerprint density at radius 2 is 1.43 bits per heavy atom. The molecule has 0 aliphatic rings. The zero-order valence-corrected chi connectivity index (χ0v) is 14.2. The Morgan fingerprint density at radius 3 is 2.00 bits per heavy atom.